The van der Waals surface area contributed by atoms with E-state index in [1.54, 1.807) is 7.11 Å². The van der Waals surface area contributed by atoms with Crippen LogP contribution in [0.1, 0.15) is 46.1 Å². The number of ether oxygens (including phenoxy) is 2. The Morgan fingerprint density at radius 2 is 1.96 bits per heavy atom. The highest BCUT2D eigenvalue weighted by atomic mass is 16.5. The minimum atomic E-state index is 0.154. The summed E-state index contributed by atoms with van der Waals surface area (Å²) in [6, 6.07) is 8.23. The molecule has 5 heteroatoms. The van der Waals surface area contributed by atoms with Gasteiger partial charge in [-0.2, -0.15) is 0 Å². The van der Waals surface area contributed by atoms with Gasteiger partial charge in [0.25, 0.3) is 0 Å². The highest BCUT2D eigenvalue weighted by Crippen LogP contribution is 2.34. The molecule has 1 heterocycles. The van der Waals surface area contributed by atoms with Crippen molar-refractivity contribution in [3.63, 3.8) is 0 Å². The Labute approximate surface area is 164 Å². The lowest BCUT2D eigenvalue weighted by Gasteiger charge is -2.39. The van der Waals surface area contributed by atoms with Crippen molar-refractivity contribution < 1.29 is 9.47 Å². The summed E-state index contributed by atoms with van der Waals surface area (Å²) in [5.41, 5.74) is 1.44. The molecule has 1 aromatic carbocycles. The molecule has 0 aliphatic carbocycles. The molecule has 0 bridgehead atoms. The molecule has 1 aliphatic heterocycles. The summed E-state index contributed by atoms with van der Waals surface area (Å²) in [6.45, 7) is 12.3. The lowest BCUT2D eigenvalue weighted by molar-refractivity contribution is -0.0823. The van der Waals surface area contributed by atoms with Gasteiger partial charge in [0.15, 0.2) is 5.96 Å². The second-order valence-corrected chi connectivity index (χ2v) is 8.30. The van der Waals surface area contributed by atoms with Crippen LogP contribution < -0.4 is 15.4 Å². The Kier molecular flexibility index (Phi) is 8.42. The molecular weight excluding hydrogens is 338 g/mol. The summed E-state index contributed by atoms with van der Waals surface area (Å²) in [7, 11) is 1.69. The van der Waals surface area contributed by atoms with E-state index in [0.29, 0.717) is 5.92 Å². The number of rotatable bonds is 7. The molecule has 0 radical (unpaired) electrons. The largest absolute Gasteiger partial charge is 0.497 e. The molecule has 2 atom stereocenters. The second kappa shape index (κ2) is 10.5. The van der Waals surface area contributed by atoms with Crippen molar-refractivity contribution in [1.82, 2.24) is 10.6 Å². The first-order valence-electron chi connectivity index (χ1n) is 10.2. The first-order valence-corrected chi connectivity index (χ1v) is 10.2. The highest BCUT2D eigenvalue weighted by molar-refractivity contribution is 5.79. The van der Waals surface area contributed by atoms with Gasteiger partial charge in [0.2, 0.25) is 0 Å². The van der Waals surface area contributed by atoms with Crippen LogP contribution in [0.2, 0.25) is 0 Å². The minimum absolute atomic E-state index is 0.154. The lowest BCUT2D eigenvalue weighted by Crippen LogP contribution is -2.43. The van der Waals surface area contributed by atoms with E-state index in [2.05, 4.69) is 50.5 Å². The summed E-state index contributed by atoms with van der Waals surface area (Å²) in [5.74, 6) is 2.27. The van der Waals surface area contributed by atoms with Crippen molar-refractivity contribution in [2.45, 2.75) is 53.1 Å². The summed E-state index contributed by atoms with van der Waals surface area (Å²) < 4.78 is 11.3. The molecule has 27 heavy (non-hydrogen) atoms. The Hall–Kier alpha value is -1.75. The van der Waals surface area contributed by atoms with Gasteiger partial charge < -0.3 is 20.1 Å². The first kappa shape index (κ1) is 21.5. The van der Waals surface area contributed by atoms with E-state index in [9.17, 15) is 0 Å². The van der Waals surface area contributed by atoms with Crippen LogP contribution in [0.3, 0.4) is 0 Å². The molecule has 2 N–H and O–H groups in total. The number of nitrogens with one attached hydrogen (secondary N) is 2. The van der Waals surface area contributed by atoms with Crippen LogP contribution in [0.25, 0.3) is 0 Å². The van der Waals surface area contributed by atoms with Crippen molar-refractivity contribution in [3.05, 3.63) is 29.8 Å². The van der Waals surface area contributed by atoms with Crippen LogP contribution in [0, 0.1) is 11.3 Å². The van der Waals surface area contributed by atoms with Gasteiger partial charge >= 0.3 is 0 Å². The number of aliphatic imine (C=N–C) groups is 1. The third-order valence-corrected chi connectivity index (χ3v) is 4.99. The number of guanidine groups is 1. The average Bonchev–Trinajstić information content (AvgIpc) is 2.66. The van der Waals surface area contributed by atoms with E-state index < -0.39 is 0 Å². The van der Waals surface area contributed by atoms with Crippen molar-refractivity contribution in [2.75, 3.05) is 33.4 Å². The standard InChI is InChI=1S/C22H37N3O2/c1-6-23-21(24-14-13-17-9-11-19(26-5)12-10-17)25-16-18-8-7-15-27-20(18)22(2,3)4/h9-12,18,20H,6-8,13-16H2,1-5H3,(H2,23,24,25). The molecule has 2 rings (SSSR count). The SMILES string of the molecule is CCNC(=NCC1CCCOC1C(C)(C)C)NCCc1ccc(OC)cc1. The highest BCUT2D eigenvalue weighted by Gasteiger charge is 2.35. The van der Waals surface area contributed by atoms with Crippen molar-refractivity contribution >= 4 is 5.96 Å². The zero-order valence-electron chi connectivity index (χ0n) is 17.7. The zero-order valence-corrected chi connectivity index (χ0v) is 17.7. The van der Waals surface area contributed by atoms with Crippen LogP contribution in [0.5, 0.6) is 5.75 Å². The number of hydrogen-bond acceptors (Lipinski definition) is 3. The fraction of sp³-hybridized carbons (Fsp3) is 0.682. The predicted octanol–water partition coefficient (Wildman–Crippen LogP) is 3.63. The molecule has 1 aliphatic rings. The molecule has 0 amide bonds. The maximum atomic E-state index is 6.08. The van der Waals surface area contributed by atoms with Gasteiger partial charge in [-0.05, 0) is 49.3 Å². The number of hydrogen-bond donors (Lipinski definition) is 2. The number of methoxy groups -OCH3 is 1. The summed E-state index contributed by atoms with van der Waals surface area (Å²) in [5, 5.41) is 6.82. The number of benzene rings is 1. The molecule has 0 spiro atoms. The zero-order chi connectivity index (χ0) is 19.7. The van der Waals surface area contributed by atoms with Crippen LogP contribution in [0.4, 0.5) is 0 Å². The fourth-order valence-electron chi connectivity index (χ4n) is 3.66. The smallest absolute Gasteiger partial charge is 0.191 e. The van der Waals surface area contributed by atoms with E-state index >= 15 is 0 Å². The maximum absolute atomic E-state index is 6.08. The Morgan fingerprint density at radius 1 is 1.22 bits per heavy atom. The quantitative estimate of drug-likeness (QED) is 0.564. The molecule has 152 valence electrons. The average molecular weight is 376 g/mol. The van der Waals surface area contributed by atoms with E-state index in [4.69, 9.17) is 14.5 Å². The Balaban J connectivity index is 1.88. The van der Waals surface area contributed by atoms with Gasteiger partial charge in [0.05, 0.1) is 13.2 Å². The normalized spacial score (nSPS) is 21.0. The first-order chi connectivity index (χ1) is 12.9. The fourth-order valence-corrected chi connectivity index (χ4v) is 3.66. The third kappa shape index (κ3) is 7.06. The van der Waals surface area contributed by atoms with E-state index in [0.717, 1.165) is 50.8 Å². The summed E-state index contributed by atoms with van der Waals surface area (Å²) in [4.78, 5) is 4.85. The molecular formula is C22H37N3O2. The Bertz CT molecular complexity index is 578. The van der Waals surface area contributed by atoms with E-state index in [1.807, 2.05) is 12.1 Å². The molecule has 1 fully saturated rings. The molecule has 1 saturated heterocycles. The summed E-state index contributed by atoms with van der Waals surface area (Å²) in [6.07, 6.45) is 3.55. The molecule has 5 nitrogen and oxygen atoms in total. The van der Waals surface area contributed by atoms with Crippen molar-refractivity contribution in [2.24, 2.45) is 16.3 Å². The predicted molar refractivity (Wildman–Crippen MR) is 113 cm³/mol. The van der Waals surface area contributed by atoms with E-state index in [1.165, 1.54) is 12.0 Å². The van der Waals surface area contributed by atoms with Crippen LogP contribution >= 0.6 is 0 Å². The van der Waals surface area contributed by atoms with Crippen LogP contribution in [-0.4, -0.2) is 45.4 Å². The van der Waals surface area contributed by atoms with Crippen LogP contribution in [-0.2, 0) is 11.2 Å². The Morgan fingerprint density at radius 3 is 2.59 bits per heavy atom. The third-order valence-electron chi connectivity index (χ3n) is 4.99. The monoisotopic (exact) mass is 375 g/mol. The van der Waals surface area contributed by atoms with Crippen molar-refractivity contribution in [3.8, 4) is 5.75 Å². The maximum Gasteiger partial charge on any atom is 0.191 e. The van der Waals surface area contributed by atoms with E-state index in [-0.39, 0.29) is 11.5 Å². The second-order valence-electron chi connectivity index (χ2n) is 8.30. The van der Waals surface area contributed by atoms with Gasteiger partial charge in [-0.1, -0.05) is 32.9 Å². The van der Waals surface area contributed by atoms with Gasteiger partial charge in [0.1, 0.15) is 5.75 Å². The number of nitrogens with zero attached hydrogens (tertiary/aromatic N) is 1. The van der Waals surface area contributed by atoms with Crippen molar-refractivity contribution in [1.29, 1.82) is 0 Å². The lowest BCUT2D eigenvalue weighted by atomic mass is 9.78. The van der Waals surface area contributed by atoms with Gasteiger partial charge in [-0.15, -0.1) is 0 Å². The molecule has 0 aromatic heterocycles. The van der Waals surface area contributed by atoms with Crippen LogP contribution in [0.15, 0.2) is 29.3 Å². The topological polar surface area (TPSA) is 54.9 Å². The minimum Gasteiger partial charge on any atom is -0.497 e. The molecule has 1 aromatic rings. The van der Waals surface area contributed by atoms with Gasteiger partial charge in [-0.3, -0.25) is 4.99 Å². The van der Waals surface area contributed by atoms with Gasteiger partial charge in [0, 0.05) is 32.2 Å². The summed E-state index contributed by atoms with van der Waals surface area (Å²) >= 11 is 0. The molecule has 0 saturated carbocycles. The van der Waals surface area contributed by atoms with Gasteiger partial charge in [-0.25, -0.2) is 0 Å². The molecule has 2 unspecified atom stereocenters.